The number of aryl methyl sites for hydroxylation is 3. The number of carbonyl (C=O) groups excluding carboxylic acids is 2. The van der Waals surface area contributed by atoms with Crippen molar-refractivity contribution in [1.82, 2.24) is 14.1 Å². The van der Waals surface area contributed by atoms with Gasteiger partial charge in [-0.15, -0.1) is 0 Å². The fraction of sp³-hybridized carbons (Fsp3) is 0.414. The standard InChI is InChI=1S/C29H35N5O4S/c1-19-11-12-25(16-20(19)2)30-29(36)24-9-7-14-32(17-24)39(37,38)28-21(3)31-34(22(28)4)18-27(35)33-15-13-23-8-5-6-10-26(23)33/h5-6,8,10-12,16,24H,7,9,13-15,17-18H2,1-4H3,(H,30,36)/t24-/m1/s1. The minimum atomic E-state index is -3.91. The second-order valence-corrected chi connectivity index (χ2v) is 12.4. The Morgan fingerprint density at radius 2 is 1.79 bits per heavy atom. The van der Waals surface area contributed by atoms with Crippen molar-refractivity contribution in [2.24, 2.45) is 5.92 Å². The number of para-hydroxylation sites is 1. The summed E-state index contributed by atoms with van der Waals surface area (Å²) in [7, 11) is -3.91. The number of carbonyl (C=O) groups is 2. The van der Waals surface area contributed by atoms with E-state index in [1.165, 1.54) is 8.99 Å². The molecule has 2 aliphatic rings. The molecule has 5 rings (SSSR count). The first-order valence-electron chi connectivity index (χ1n) is 13.4. The van der Waals surface area contributed by atoms with E-state index in [0.29, 0.717) is 43.0 Å². The summed E-state index contributed by atoms with van der Waals surface area (Å²) in [6, 6.07) is 13.6. The Balaban J connectivity index is 1.31. The topological polar surface area (TPSA) is 105 Å². The highest BCUT2D eigenvalue weighted by molar-refractivity contribution is 7.89. The van der Waals surface area contributed by atoms with E-state index in [1.807, 2.05) is 56.3 Å². The van der Waals surface area contributed by atoms with Gasteiger partial charge in [-0.2, -0.15) is 9.40 Å². The van der Waals surface area contributed by atoms with Gasteiger partial charge in [-0.3, -0.25) is 14.3 Å². The third-order valence-electron chi connectivity index (χ3n) is 7.92. The number of aromatic nitrogens is 2. The summed E-state index contributed by atoms with van der Waals surface area (Å²) in [5.74, 6) is -0.767. The van der Waals surface area contributed by atoms with Gasteiger partial charge in [0.15, 0.2) is 0 Å². The van der Waals surface area contributed by atoms with Gasteiger partial charge in [-0.05, 0) is 81.8 Å². The minimum Gasteiger partial charge on any atom is -0.326 e. The molecule has 3 aromatic rings. The number of anilines is 2. The molecule has 1 aromatic heterocycles. The number of hydrogen-bond donors (Lipinski definition) is 1. The lowest BCUT2D eigenvalue weighted by molar-refractivity contribution is -0.121. The Hall–Kier alpha value is -3.50. The summed E-state index contributed by atoms with van der Waals surface area (Å²) in [5.41, 5.74) is 5.73. The van der Waals surface area contributed by atoms with Crippen LogP contribution in [0.5, 0.6) is 0 Å². The van der Waals surface area contributed by atoms with Crippen LogP contribution in [0.2, 0.25) is 0 Å². The first kappa shape index (κ1) is 27.1. The van der Waals surface area contributed by atoms with Crippen molar-refractivity contribution < 1.29 is 18.0 Å². The maximum Gasteiger partial charge on any atom is 0.248 e. The van der Waals surface area contributed by atoms with Gasteiger partial charge < -0.3 is 10.2 Å². The molecule has 0 unspecified atom stereocenters. The number of nitrogens with zero attached hydrogens (tertiary/aromatic N) is 4. The molecule has 10 heteroatoms. The molecule has 0 radical (unpaired) electrons. The van der Waals surface area contributed by atoms with Crippen LogP contribution in [0.25, 0.3) is 0 Å². The highest BCUT2D eigenvalue weighted by Gasteiger charge is 2.37. The Bertz CT molecular complexity index is 1540. The van der Waals surface area contributed by atoms with E-state index < -0.39 is 15.9 Å². The van der Waals surface area contributed by atoms with E-state index in [2.05, 4.69) is 10.4 Å². The lowest BCUT2D eigenvalue weighted by Crippen LogP contribution is -2.44. The van der Waals surface area contributed by atoms with Gasteiger partial charge in [-0.1, -0.05) is 24.3 Å². The zero-order valence-corrected chi connectivity index (χ0v) is 23.7. The van der Waals surface area contributed by atoms with Gasteiger partial charge in [-0.25, -0.2) is 8.42 Å². The summed E-state index contributed by atoms with van der Waals surface area (Å²) >= 11 is 0. The summed E-state index contributed by atoms with van der Waals surface area (Å²) < 4.78 is 30.5. The molecule has 3 heterocycles. The largest absolute Gasteiger partial charge is 0.326 e. The normalized spacial score (nSPS) is 17.7. The van der Waals surface area contributed by atoms with Gasteiger partial charge in [0.05, 0.1) is 17.3 Å². The third-order valence-corrected chi connectivity index (χ3v) is 10.0. The molecule has 2 aliphatic heterocycles. The number of benzene rings is 2. The Morgan fingerprint density at radius 1 is 1.03 bits per heavy atom. The van der Waals surface area contributed by atoms with Crippen LogP contribution >= 0.6 is 0 Å². The van der Waals surface area contributed by atoms with Crippen molar-refractivity contribution >= 4 is 33.2 Å². The SMILES string of the molecule is Cc1ccc(NC(=O)[C@@H]2CCCN(S(=O)(=O)c3c(C)nn(CC(=O)N4CCc5ccccc54)c3C)C2)cc1C. The average molecular weight is 550 g/mol. The predicted octanol–water partition coefficient (Wildman–Crippen LogP) is 3.75. The summed E-state index contributed by atoms with van der Waals surface area (Å²) in [4.78, 5) is 28.1. The Morgan fingerprint density at radius 3 is 2.56 bits per heavy atom. The molecule has 39 heavy (non-hydrogen) atoms. The van der Waals surface area contributed by atoms with Crippen molar-refractivity contribution in [3.05, 3.63) is 70.5 Å². The molecule has 9 nitrogen and oxygen atoms in total. The monoisotopic (exact) mass is 549 g/mol. The number of hydrogen-bond acceptors (Lipinski definition) is 5. The van der Waals surface area contributed by atoms with Crippen LogP contribution in [0.15, 0.2) is 47.4 Å². The maximum atomic E-state index is 13.8. The summed E-state index contributed by atoms with van der Waals surface area (Å²) in [6.07, 6.45) is 2.00. The number of fused-ring (bicyclic) bond motifs is 1. The minimum absolute atomic E-state index is 0.0441. The third kappa shape index (κ3) is 5.23. The second-order valence-electron chi connectivity index (χ2n) is 10.6. The number of sulfonamides is 1. The van der Waals surface area contributed by atoms with Crippen LogP contribution in [0.3, 0.4) is 0 Å². The van der Waals surface area contributed by atoms with E-state index in [0.717, 1.165) is 28.8 Å². The molecule has 1 N–H and O–H groups in total. The molecular weight excluding hydrogens is 514 g/mol. The van der Waals surface area contributed by atoms with Crippen LogP contribution in [0.4, 0.5) is 11.4 Å². The van der Waals surface area contributed by atoms with Gasteiger partial charge in [0.2, 0.25) is 21.8 Å². The fourth-order valence-corrected chi connectivity index (χ4v) is 7.48. The molecule has 2 amide bonds. The van der Waals surface area contributed by atoms with Crippen LogP contribution in [-0.4, -0.2) is 54.0 Å². The zero-order chi connectivity index (χ0) is 27.9. The van der Waals surface area contributed by atoms with Gasteiger partial charge in [0, 0.05) is 31.0 Å². The molecule has 1 fully saturated rings. The van der Waals surface area contributed by atoms with Crippen molar-refractivity contribution in [2.45, 2.75) is 58.4 Å². The van der Waals surface area contributed by atoms with Crippen LogP contribution in [-0.2, 0) is 32.6 Å². The summed E-state index contributed by atoms with van der Waals surface area (Å²) in [5, 5.41) is 7.40. The zero-order valence-electron chi connectivity index (χ0n) is 22.9. The second kappa shape index (κ2) is 10.6. The van der Waals surface area contributed by atoms with E-state index in [4.69, 9.17) is 0 Å². The average Bonchev–Trinajstić information content (AvgIpc) is 3.46. The highest BCUT2D eigenvalue weighted by Crippen LogP contribution is 2.30. The van der Waals surface area contributed by atoms with Crippen molar-refractivity contribution in [3.63, 3.8) is 0 Å². The van der Waals surface area contributed by atoms with Crippen LogP contribution < -0.4 is 10.2 Å². The van der Waals surface area contributed by atoms with Gasteiger partial charge in [0.25, 0.3) is 0 Å². The number of nitrogens with one attached hydrogen (secondary N) is 1. The fourth-order valence-electron chi connectivity index (χ4n) is 5.59. The lowest BCUT2D eigenvalue weighted by atomic mass is 9.98. The summed E-state index contributed by atoms with van der Waals surface area (Å²) in [6.45, 7) is 8.34. The molecule has 0 aliphatic carbocycles. The molecular formula is C29H35N5O4S. The number of amides is 2. The number of piperidine rings is 1. The quantitative estimate of drug-likeness (QED) is 0.504. The molecule has 0 saturated carbocycles. The van der Waals surface area contributed by atoms with E-state index >= 15 is 0 Å². The molecule has 2 aromatic carbocycles. The molecule has 0 spiro atoms. The van der Waals surface area contributed by atoms with E-state index in [1.54, 1.807) is 18.7 Å². The van der Waals surface area contributed by atoms with Crippen molar-refractivity contribution in [2.75, 3.05) is 29.9 Å². The molecule has 0 bridgehead atoms. The van der Waals surface area contributed by atoms with E-state index in [9.17, 15) is 18.0 Å². The van der Waals surface area contributed by atoms with Gasteiger partial charge >= 0.3 is 0 Å². The first-order chi connectivity index (χ1) is 18.6. The lowest BCUT2D eigenvalue weighted by Gasteiger charge is -2.31. The highest BCUT2D eigenvalue weighted by atomic mass is 32.2. The first-order valence-corrected chi connectivity index (χ1v) is 14.8. The van der Waals surface area contributed by atoms with Gasteiger partial charge in [0.1, 0.15) is 11.4 Å². The molecule has 1 saturated heterocycles. The van der Waals surface area contributed by atoms with Crippen molar-refractivity contribution in [1.29, 1.82) is 0 Å². The smallest absolute Gasteiger partial charge is 0.248 e. The maximum absolute atomic E-state index is 13.8. The predicted molar refractivity (Wildman–Crippen MR) is 150 cm³/mol. The molecule has 1 atom stereocenters. The molecule has 206 valence electrons. The number of rotatable bonds is 6. The van der Waals surface area contributed by atoms with Crippen LogP contribution in [0.1, 0.15) is 40.9 Å². The Kier molecular flexibility index (Phi) is 7.35. The van der Waals surface area contributed by atoms with Crippen LogP contribution in [0, 0.1) is 33.6 Å². The van der Waals surface area contributed by atoms with Crippen molar-refractivity contribution in [3.8, 4) is 0 Å². The van der Waals surface area contributed by atoms with E-state index in [-0.39, 0.29) is 29.8 Å². The Labute approximate surface area is 229 Å².